The van der Waals surface area contributed by atoms with E-state index in [4.69, 9.17) is 33.2 Å². The molecule has 3 aliphatic heterocycles. The molecule has 5 rings (SSSR count). The molecule has 0 bridgehead atoms. The highest BCUT2D eigenvalue weighted by molar-refractivity contribution is 5.61. The molecule has 0 aliphatic carbocycles. The number of hydrogen-bond donors (Lipinski definition) is 1. The summed E-state index contributed by atoms with van der Waals surface area (Å²) < 4.78 is 42.2. The highest BCUT2D eigenvalue weighted by Gasteiger charge is 2.47. The summed E-state index contributed by atoms with van der Waals surface area (Å²) in [5, 5.41) is 3.52. The zero-order valence-corrected chi connectivity index (χ0v) is 24.8. The predicted octanol–water partition coefficient (Wildman–Crippen LogP) is 4.05. The number of nitrogens with one attached hydrogen (secondary N) is 1. The van der Waals surface area contributed by atoms with E-state index < -0.39 is 5.60 Å². The fourth-order valence-electron chi connectivity index (χ4n) is 5.99. The number of anilines is 1. The number of nitrogens with zero attached hydrogens (tertiary/aromatic N) is 1. The van der Waals surface area contributed by atoms with Crippen molar-refractivity contribution in [2.24, 2.45) is 0 Å². The lowest BCUT2D eigenvalue weighted by Crippen LogP contribution is -2.54. The van der Waals surface area contributed by atoms with Crippen molar-refractivity contribution in [2.75, 3.05) is 77.8 Å². The summed E-state index contributed by atoms with van der Waals surface area (Å²) in [5.74, 6) is 1.79. The van der Waals surface area contributed by atoms with Crippen LogP contribution in [0.25, 0.3) is 0 Å². The van der Waals surface area contributed by atoms with Crippen molar-refractivity contribution in [1.82, 2.24) is 5.32 Å². The molecular weight excluding hydrogens is 524 g/mol. The molecule has 1 saturated heterocycles. The molecule has 1 spiro atoms. The summed E-state index contributed by atoms with van der Waals surface area (Å²) in [6.45, 7) is 12.1. The number of methoxy groups -OCH3 is 1. The molecule has 0 saturated carbocycles. The molecule has 1 fully saturated rings. The maximum absolute atomic E-state index is 6.68. The largest absolute Gasteiger partial charge is 0.491 e. The van der Waals surface area contributed by atoms with Crippen LogP contribution < -0.4 is 19.7 Å². The molecule has 3 atom stereocenters. The number of hydrogen-bond acceptors (Lipinski definition) is 9. The molecule has 0 unspecified atom stereocenters. The van der Waals surface area contributed by atoms with E-state index in [0.29, 0.717) is 52.8 Å². The first-order valence-corrected chi connectivity index (χ1v) is 15.0. The van der Waals surface area contributed by atoms with Gasteiger partial charge in [0.15, 0.2) is 0 Å². The third-order valence-electron chi connectivity index (χ3n) is 8.01. The average molecular weight is 571 g/mol. The molecule has 2 aromatic carbocycles. The minimum absolute atomic E-state index is 0.0720. The Balaban J connectivity index is 1.29. The molecule has 0 radical (unpaired) electrons. The van der Waals surface area contributed by atoms with Crippen LogP contribution in [-0.2, 0) is 42.5 Å². The molecule has 1 N–H and O–H groups in total. The van der Waals surface area contributed by atoms with Gasteiger partial charge in [-0.15, -0.1) is 0 Å². The number of benzene rings is 2. The Labute approximate surface area is 244 Å². The van der Waals surface area contributed by atoms with Crippen molar-refractivity contribution in [3.05, 3.63) is 53.1 Å². The van der Waals surface area contributed by atoms with Crippen LogP contribution in [0.2, 0.25) is 0 Å². The Bertz CT molecular complexity index is 1120. The summed E-state index contributed by atoms with van der Waals surface area (Å²) in [4.78, 5) is 2.38. The average Bonchev–Trinajstić information content (AvgIpc) is 3.16. The van der Waals surface area contributed by atoms with Gasteiger partial charge in [0.05, 0.1) is 44.8 Å². The Hall–Kier alpha value is -2.40. The second-order valence-electron chi connectivity index (χ2n) is 10.9. The van der Waals surface area contributed by atoms with Crippen molar-refractivity contribution in [3.8, 4) is 11.5 Å². The molecular formula is C32H46N2O7. The third kappa shape index (κ3) is 7.34. The smallest absolute Gasteiger partial charge is 0.142 e. The van der Waals surface area contributed by atoms with Gasteiger partial charge in [0.25, 0.3) is 0 Å². The highest BCUT2D eigenvalue weighted by atomic mass is 16.6. The van der Waals surface area contributed by atoms with Gasteiger partial charge in [0.2, 0.25) is 0 Å². The van der Waals surface area contributed by atoms with E-state index in [1.54, 1.807) is 7.11 Å². The third-order valence-corrected chi connectivity index (χ3v) is 8.01. The van der Waals surface area contributed by atoms with Crippen LogP contribution in [0.3, 0.4) is 0 Å². The van der Waals surface area contributed by atoms with Crippen molar-refractivity contribution in [2.45, 2.75) is 57.7 Å². The van der Waals surface area contributed by atoms with Gasteiger partial charge in [-0.1, -0.05) is 18.2 Å². The van der Waals surface area contributed by atoms with Crippen LogP contribution in [0.4, 0.5) is 5.69 Å². The summed E-state index contributed by atoms with van der Waals surface area (Å²) in [7, 11) is 1.75. The van der Waals surface area contributed by atoms with Gasteiger partial charge in [-0.25, -0.2) is 0 Å². The van der Waals surface area contributed by atoms with Crippen molar-refractivity contribution >= 4 is 5.69 Å². The fraction of sp³-hybridized carbons (Fsp3) is 0.625. The number of ether oxygens (including phenoxy) is 7. The van der Waals surface area contributed by atoms with Crippen molar-refractivity contribution in [1.29, 1.82) is 0 Å². The molecule has 41 heavy (non-hydrogen) atoms. The van der Waals surface area contributed by atoms with Gasteiger partial charge < -0.3 is 43.4 Å². The van der Waals surface area contributed by atoms with Gasteiger partial charge >= 0.3 is 0 Å². The quantitative estimate of drug-likeness (QED) is 0.359. The van der Waals surface area contributed by atoms with Crippen molar-refractivity contribution < 1.29 is 33.2 Å². The summed E-state index contributed by atoms with van der Waals surface area (Å²) >= 11 is 0. The Morgan fingerprint density at radius 2 is 1.90 bits per heavy atom. The Kier molecular flexibility index (Phi) is 10.8. The van der Waals surface area contributed by atoms with E-state index in [-0.39, 0.29) is 12.2 Å². The monoisotopic (exact) mass is 570 g/mol. The second-order valence-corrected chi connectivity index (χ2v) is 10.9. The van der Waals surface area contributed by atoms with Gasteiger partial charge in [0.1, 0.15) is 36.4 Å². The summed E-state index contributed by atoms with van der Waals surface area (Å²) in [6, 6.07) is 12.7. The molecule has 9 nitrogen and oxygen atoms in total. The SMILES string of the molecule is CCO[C@H](C)COCc1ccc2c(c1)OCCO[C@@]21CCNC[C@@H]1OCc1ccc2c(c1)N(CCCOC)CCO2. The lowest BCUT2D eigenvalue weighted by molar-refractivity contribution is -0.168. The highest BCUT2D eigenvalue weighted by Crippen LogP contribution is 2.44. The van der Waals surface area contributed by atoms with Crippen LogP contribution >= 0.6 is 0 Å². The molecule has 3 aliphatic rings. The lowest BCUT2D eigenvalue weighted by Gasteiger charge is -2.43. The van der Waals surface area contributed by atoms with Crippen LogP contribution in [0.15, 0.2) is 36.4 Å². The first-order chi connectivity index (χ1) is 20.1. The first-order valence-electron chi connectivity index (χ1n) is 15.0. The summed E-state index contributed by atoms with van der Waals surface area (Å²) in [5.41, 5.74) is 3.78. The number of fused-ring (bicyclic) bond motifs is 3. The fourth-order valence-corrected chi connectivity index (χ4v) is 5.99. The first kappa shape index (κ1) is 30.1. The molecule has 3 heterocycles. The van der Waals surface area contributed by atoms with Crippen molar-refractivity contribution in [3.63, 3.8) is 0 Å². The minimum atomic E-state index is -0.580. The van der Waals surface area contributed by atoms with Gasteiger partial charge in [-0.3, -0.25) is 0 Å². The van der Waals surface area contributed by atoms with E-state index in [1.807, 2.05) is 13.8 Å². The molecule has 9 heteroatoms. The standard InChI is InChI=1S/C32H46N2O7/c1-4-37-24(2)21-36-22-26-6-8-27-30(19-26)39-16-17-41-32(27)10-11-33-20-31(32)40-23-25-7-9-29-28(18-25)34(13-15-38-29)12-5-14-35-3/h6-9,18-19,24,31,33H,4-5,10-17,20-23H2,1-3H3/t24-,31+,32+/m1/s1. The Morgan fingerprint density at radius 3 is 2.78 bits per heavy atom. The zero-order chi connectivity index (χ0) is 28.5. The summed E-state index contributed by atoms with van der Waals surface area (Å²) in [6.07, 6.45) is 1.69. The predicted molar refractivity (Wildman–Crippen MR) is 157 cm³/mol. The topological polar surface area (TPSA) is 79.9 Å². The molecule has 2 aromatic rings. The van der Waals surface area contributed by atoms with E-state index in [1.165, 1.54) is 0 Å². The molecule has 0 aromatic heterocycles. The maximum atomic E-state index is 6.68. The van der Waals surface area contributed by atoms with Crippen LogP contribution in [0.1, 0.15) is 43.4 Å². The van der Waals surface area contributed by atoms with E-state index >= 15 is 0 Å². The number of rotatable bonds is 13. The van der Waals surface area contributed by atoms with Crippen LogP contribution in [-0.4, -0.2) is 85.1 Å². The minimum Gasteiger partial charge on any atom is -0.491 e. The van der Waals surface area contributed by atoms with Crippen LogP contribution in [0.5, 0.6) is 11.5 Å². The van der Waals surface area contributed by atoms with E-state index in [9.17, 15) is 0 Å². The van der Waals surface area contributed by atoms with Gasteiger partial charge in [-0.05, 0) is 62.6 Å². The van der Waals surface area contributed by atoms with E-state index in [0.717, 1.165) is 73.0 Å². The Morgan fingerprint density at radius 1 is 1.05 bits per heavy atom. The second kappa shape index (κ2) is 14.7. The number of piperidine rings is 1. The maximum Gasteiger partial charge on any atom is 0.142 e. The van der Waals surface area contributed by atoms with E-state index in [2.05, 4.69) is 46.6 Å². The van der Waals surface area contributed by atoms with Gasteiger partial charge in [0, 0.05) is 39.0 Å². The normalized spacial score (nSPS) is 22.8. The van der Waals surface area contributed by atoms with Gasteiger partial charge in [-0.2, -0.15) is 0 Å². The molecule has 226 valence electrons. The lowest BCUT2D eigenvalue weighted by atomic mass is 9.81. The zero-order valence-electron chi connectivity index (χ0n) is 24.8. The van der Waals surface area contributed by atoms with Crippen LogP contribution in [0, 0.1) is 0 Å². The molecule has 0 amide bonds.